The molecule has 0 spiro atoms. The molecule has 0 saturated carbocycles. The molecule has 0 aromatic rings. The third kappa shape index (κ3) is 3.72. The van der Waals surface area contributed by atoms with Gasteiger partial charge in [-0.05, 0) is 38.8 Å². The van der Waals surface area contributed by atoms with Gasteiger partial charge in [-0.2, -0.15) is 0 Å². The molecule has 1 unspecified atom stereocenters. The Hall–Kier alpha value is -0.480. The van der Waals surface area contributed by atoms with E-state index >= 15 is 0 Å². The summed E-state index contributed by atoms with van der Waals surface area (Å²) in [4.78, 5) is 2.66. The highest BCUT2D eigenvalue weighted by atomic mass is 15.1. The number of likely N-dealkylation sites (tertiary alicyclic amines) is 1. The fraction of sp³-hybridized carbons (Fsp3) is 0.846. The number of nitrogens with zero attached hydrogens (tertiary/aromatic N) is 1. The van der Waals surface area contributed by atoms with Crippen LogP contribution in [0.15, 0.2) is 0 Å². The monoisotopic (exact) mass is 193 g/mol. The van der Waals surface area contributed by atoms with Gasteiger partial charge in [-0.25, -0.2) is 0 Å². The maximum Gasteiger partial charge on any atom is 0.00982 e. The summed E-state index contributed by atoms with van der Waals surface area (Å²) in [6.45, 7) is 4.82. The van der Waals surface area contributed by atoms with E-state index < -0.39 is 0 Å². The molecule has 0 aromatic carbocycles. The van der Waals surface area contributed by atoms with Crippen LogP contribution in [0.4, 0.5) is 0 Å². The van der Waals surface area contributed by atoms with Gasteiger partial charge in [0.05, 0.1) is 0 Å². The lowest BCUT2D eigenvalue weighted by Crippen LogP contribution is -2.35. The molecule has 0 N–H and O–H groups in total. The molecule has 1 aliphatic heterocycles. The molecule has 1 heterocycles. The van der Waals surface area contributed by atoms with Gasteiger partial charge < -0.3 is 4.90 Å². The molecule has 1 heteroatoms. The van der Waals surface area contributed by atoms with E-state index in [0.29, 0.717) is 0 Å². The van der Waals surface area contributed by atoms with E-state index in [2.05, 4.69) is 17.7 Å². The van der Waals surface area contributed by atoms with Gasteiger partial charge >= 0.3 is 0 Å². The Balaban J connectivity index is 2.33. The van der Waals surface area contributed by atoms with E-state index in [4.69, 9.17) is 6.42 Å². The number of unbranched alkanes of at least 4 members (excludes halogenated alkanes) is 1. The second kappa shape index (κ2) is 6.90. The Kier molecular flexibility index (Phi) is 5.71. The Labute approximate surface area is 88.9 Å². The van der Waals surface area contributed by atoms with Crippen LogP contribution in [0, 0.1) is 12.3 Å². The molecular formula is C13H23N. The number of terminal acetylenes is 1. The molecule has 1 saturated heterocycles. The van der Waals surface area contributed by atoms with Crippen LogP contribution in [0.5, 0.6) is 0 Å². The predicted octanol–water partition coefficient (Wildman–Crippen LogP) is 3.05. The van der Waals surface area contributed by atoms with E-state index in [9.17, 15) is 0 Å². The molecule has 0 radical (unpaired) electrons. The largest absolute Gasteiger partial charge is 0.300 e. The van der Waals surface area contributed by atoms with Crippen LogP contribution in [0.3, 0.4) is 0 Å². The standard InChI is InChI=1S/C13H23N/c1-3-5-8-11-14-12-9-6-7-10-13(14)4-2/h1,13H,4-12H2,2H3. The van der Waals surface area contributed by atoms with Crippen molar-refractivity contribution in [1.82, 2.24) is 4.90 Å². The molecule has 0 bridgehead atoms. The first-order valence-electron chi connectivity index (χ1n) is 6.06. The summed E-state index contributed by atoms with van der Waals surface area (Å²) in [5.74, 6) is 2.73. The Morgan fingerprint density at radius 1 is 1.36 bits per heavy atom. The quantitative estimate of drug-likeness (QED) is 0.490. The lowest BCUT2D eigenvalue weighted by Gasteiger charge is -2.28. The highest BCUT2D eigenvalue weighted by molar-refractivity contribution is 4.84. The molecule has 1 fully saturated rings. The van der Waals surface area contributed by atoms with Gasteiger partial charge in [0.1, 0.15) is 0 Å². The third-order valence-electron chi connectivity index (χ3n) is 3.24. The molecule has 0 amide bonds. The lowest BCUT2D eigenvalue weighted by atomic mass is 10.1. The minimum absolute atomic E-state index is 0.829. The van der Waals surface area contributed by atoms with Crippen molar-refractivity contribution in [2.45, 2.75) is 57.9 Å². The third-order valence-corrected chi connectivity index (χ3v) is 3.24. The molecule has 1 rings (SSSR count). The SMILES string of the molecule is C#CCCCN1CCCCCC1CC. The maximum atomic E-state index is 5.27. The first-order valence-corrected chi connectivity index (χ1v) is 6.06. The van der Waals surface area contributed by atoms with Crippen LogP contribution in [-0.4, -0.2) is 24.0 Å². The van der Waals surface area contributed by atoms with Crippen molar-refractivity contribution in [1.29, 1.82) is 0 Å². The van der Waals surface area contributed by atoms with E-state index in [1.807, 2.05) is 0 Å². The molecule has 1 aliphatic rings. The minimum atomic E-state index is 0.829. The fourth-order valence-corrected chi connectivity index (χ4v) is 2.38. The summed E-state index contributed by atoms with van der Waals surface area (Å²) >= 11 is 0. The fourth-order valence-electron chi connectivity index (χ4n) is 2.38. The average molecular weight is 193 g/mol. The van der Waals surface area contributed by atoms with Crippen LogP contribution in [0.2, 0.25) is 0 Å². The smallest absolute Gasteiger partial charge is 0.00982 e. The molecule has 0 aromatic heterocycles. The predicted molar refractivity (Wildman–Crippen MR) is 62.2 cm³/mol. The van der Waals surface area contributed by atoms with Crippen molar-refractivity contribution in [2.75, 3.05) is 13.1 Å². The van der Waals surface area contributed by atoms with Crippen molar-refractivity contribution in [3.63, 3.8) is 0 Å². The zero-order valence-electron chi connectivity index (χ0n) is 9.47. The summed E-state index contributed by atoms with van der Waals surface area (Å²) in [5.41, 5.74) is 0. The summed E-state index contributed by atoms with van der Waals surface area (Å²) < 4.78 is 0. The van der Waals surface area contributed by atoms with Crippen LogP contribution >= 0.6 is 0 Å². The molecule has 1 atom stereocenters. The minimum Gasteiger partial charge on any atom is -0.300 e. The average Bonchev–Trinajstić information content (AvgIpc) is 2.43. The maximum absolute atomic E-state index is 5.27. The number of rotatable bonds is 4. The van der Waals surface area contributed by atoms with Crippen molar-refractivity contribution in [3.05, 3.63) is 0 Å². The Bertz CT molecular complexity index is 180. The van der Waals surface area contributed by atoms with Crippen molar-refractivity contribution < 1.29 is 0 Å². The second-order valence-corrected chi connectivity index (χ2v) is 4.26. The Morgan fingerprint density at radius 3 is 2.93 bits per heavy atom. The van der Waals surface area contributed by atoms with Crippen molar-refractivity contribution in [2.24, 2.45) is 0 Å². The molecule has 80 valence electrons. The molecule has 14 heavy (non-hydrogen) atoms. The van der Waals surface area contributed by atoms with E-state index in [-0.39, 0.29) is 0 Å². The summed E-state index contributed by atoms with van der Waals surface area (Å²) in [6, 6.07) is 0.829. The van der Waals surface area contributed by atoms with Gasteiger partial charge in [-0.3, -0.25) is 0 Å². The second-order valence-electron chi connectivity index (χ2n) is 4.26. The Morgan fingerprint density at radius 2 is 2.21 bits per heavy atom. The first kappa shape index (κ1) is 11.6. The van der Waals surface area contributed by atoms with Crippen LogP contribution in [0.1, 0.15) is 51.9 Å². The van der Waals surface area contributed by atoms with Gasteiger partial charge in [0, 0.05) is 12.5 Å². The van der Waals surface area contributed by atoms with Gasteiger partial charge in [-0.15, -0.1) is 12.3 Å². The summed E-state index contributed by atoms with van der Waals surface area (Å²) in [6.07, 6.45) is 14.3. The normalized spacial score (nSPS) is 24.1. The molecule has 1 nitrogen and oxygen atoms in total. The summed E-state index contributed by atoms with van der Waals surface area (Å²) in [7, 11) is 0. The van der Waals surface area contributed by atoms with Crippen molar-refractivity contribution >= 4 is 0 Å². The van der Waals surface area contributed by atoms with Gasteiger partial charge in [0.15, 0.2) is 0 Å². The van der Waals surface area contributed by atoms with Gasteiger partial charge in [0.25, 0.3) is 0 Å². The zero-order chi connectivity index (χ0) is 10.2. The summed E-state index contributed by atoms with van der Waals surface area (Å²) in [5, 5.41) is 0. The van der Waals surface area contributed by atoms with Crippen molar-refractivity contribution in [3.8, 4) is 12.3 Å². The highest BCUT2D eigenvalue weighted by Crippen LogP contribution is 2.19. The lowest BCUT2D eigenvalue weighted by molar-refractivity contribution is 0.193. The van der Waals surface area contributed by atoms with E-state index in [1.165, 1.54) is 51.6 Å². The zero-order valence-corrected chi connectivity index (χ0v) is 9.47. The first-order chi connectivity index (χ1) is 6.88. The molecular weight excluding hydrogens is 170 g/mol. The van der Waals surface area contributed by atoms with Gasteiger partial charge in [-0.1, -0.05) is 19.8 Å². The number of hydrogen-bond donors (Lipinski definition) is 0. The van der Waals surface area contributed by atoms with Crippen LogP contribution in [-0.2, 0) is 0 Å². The van der Waals surface area contributed by atoms with Crippen LogP contribution < -0.4 is 0 Å². The molecule has 0 aliphatic carbocycles. The van der Waals surface area contributed by atoms with E-state index in [0.717, 1.165) is 12.5 Å². The van der Waals surface area contributed by atoms with E-state index in [1.54, 1.807) is 0 Å². The van der Waals surface area contributed by atoms with Crippen LogP contribution in [0.25, 0.3) is 0 Å². The highest BCUT2D eigenvalue weighted by Gasteiger charge is 2.18. The number of hydrogen-bond acceptors (Lipinski definition) is 1. The topological polar surface area (TPSA) is 3.24 Å². The van der Waals surface area contributed by atoms with Gasteiger partial charge in [0.2, 0.25) is 0 Å².